The molecule has 1 saturated heterocycles. The molecule has 0 bridgehead atoms. The molecular weight excluding hydrogens is 306 g/mol. The predicted octanol–water partition coefficient (Wildman–Crippen LogP) is 1.42. The third-order valence-electron chi connectivity index (χ3n) is 2.84. The van der Waals surface area contributed by atoms with E-state index in [0.717, 1.165) is 10.9 Å². The van der Waals surface area contributed by atoms with Gasteiger partial charge in [0, 0.05) is 17.2 Å². The number of aromatic nitrogens is 1. The van der Waals surface area contributed by atoms with E-state index < -0.39 is 9.84 Å². The monoisotopic (exact) mass is 319 g/mol. The Balaban J connectivity index is 2.03. The van der Waals surface area contributed by atoms with Gasteiger partial charge in [0.05, 0.1) is 16.7 Å². The summed E-state index contributed by atoms with van der Waals surface area (Å²) in [6.45, 7) is 0.376. The van der Waals surface area contributed by atoms with Crippen molar-refractivity contribution in [3.8, 4) is 0 Å². The topological polar surface area (TPSA) is 85.1 Å². The molecule has 1 fully saturated rings. The normalized spacial score (nSPS) is 22.5. The fourth-order valence-corrected chi connectivity index (χ4v) is 4.02. The highest BCUT2D eigenvalue weighted by Gasteiger charge is 2.30. The molecule has 1 aliphatic rings. The first-order valence-electron chi connectivity index (χ1n) is 5.35. The maximum absolute atomic E-state index is 11.6. The van der Waals surface area contributed by atoms with E-state index in [-0.39, 0.29) is 5.25 Å². The van der Waals surface area contributed by atoms with Crippen molar-refractivity contribution in [1.29, 1.82) is 0 Å². The van der Waals surface area contributed by atoms with Crippen LogP contribution < -0.4 is 11.1 Å². The molecule has 0 amide bonds. The molecule has 1 unspecified atom stereocenters. The number of nitrogens with one attached hydrogen (secondary N) is 1. The van der Waals surface area contributed by atoms with Crippen LogP contribution in [-0.2, 0) is 9.84 Å². The van der Waals surface area contributed by atoms with E-state index in [1.165, 1.54) is 0 Å². The average Bonchev–Trinajstić information content (AvgIpc) is 2.57. The van der Waals surface area contributed by atoms with Crippen molar-refractivity contribution < 1.29 is 8.42 Å². The van der Waals surface area contributed by atoms with Gasteiger partial charge in [0.15, 0.2) is 9.84 Å². The van der Waals surface area contributed by atoms with Crippen molar-refractivity contribution in [2.45, 2.75) is 18.1 Å². The SMILES string of the molecule is Nc1cc(Br)cnc1NCC1CCCS1(=O)=O. The van der Waals surface area contributed by atoms with Gasteiger partial charge in [0.1, 0.15) is 5.82 Å². The van der Waals surface area contributed by atoms with Gasteiger partial charge in [-0.15, -0.1) is 0 Å². The van der Waals surface area contributed by atoms with E-state index in [1.54, 1.807) is 12.3 Å². The fraction of sp³-hybridized carbons (Fsp3) is 0.500. The van der Waals surface area contributed by atoms with Gasteiger partial charge in [-0.1, -0.05) is 0 Å². The van der Waals surface area contributed by atoms with Gasteiger partial charge in [-0.2, -0.15) is 0 Å². The highest BCUT2D eigenvalue weighted by molar-refractivity contribution is 9.10. The van der Waals surface area contributed by atoms with Crippen LogP contribution in [0.4, 0.5) is 11.5 Å². The Morgan fingerprint density at radius 2 is 2.35 bits per heavy atom. The average molecular weight is 320 g/mol. The third kappa shape index (κ3) is 2.90. The maximum Gasteiger partial charge on any atom is 0.154 e. The minimum atomic E-state index is -2.92. The minimum absolute atomic E-state index is 0.294. The number of nitrogen functional groups attached to an aromatic ring is 1. The summed E-state index contributed by atoms with van der Waals surface area (Å²) < 4.78 is 24.0. The molecule has 5 nitrogen and oxygen atoms in total. The maximum atomic E-state index is 11.6. The van der Waals surface area contributed by atoms with Crippen molar-refractivity contribution in [3.63, 3.8) is 0 Å². The molecule has 17 heavy (non-hydrogen) atoms. The molecule has 0 saturated carbocycles. The van der Waals surface area contributed by atoms with Gasteiger partial charge >= 0.3 is 0 Å². The van der Waals surface area contributed by atoms with Crippen LogP contribution in [0, 0.1) is 0 Å². The number of sulfone groups is 1. The lowest BCUT2D eigenvalue weighted by Gasteiger charge is -2.12. The molecule has 3 N–H and O–H groups in total. The molecule has 1 aromatic rings. The van der Waals surface area contributed by atoms with Gasteiger partial charge in [-0.25, -0.2) is 13.4 Å². The van der Waals surface area contributed by atoms with Gasteiger partial charge < -0.3 is 11.1 Å². The summed E-state index contributed by atoms with van der Waals surface area (Å²) in [7, 11) is -2.92. The Morgan fingerprint density at radius 1 is 1.59 bits per heavy atom. The molecule has 0 aliphatic carbocycles. The molecule has 2 heterocycles. The predicted molar refractivity (Wildman–Crippen MR) is 71.6 cm³/mol. The van der Waals surface area contributed by atoms with Gasteiger partial charge in [0.2, 0.25) is 0 Å². The Hall–Kier alpha value is -0.820. The van der Waals surface area contributed by atoms with Gasteiger partial charge in [-0.05, 0) is 34.8 Å². The van der Waals surface area contributed by atoms with E-state index in [9.17, 15) is 8.42 Å². The Labute approximate surface area is 109 Å². The smallest absolute Gasteiger partial charge is 0.154 e. The second-order valence-corrected chi connectivity index (χ2v) is 7.42. The van der Waals surface area contributed by atoms with Crippen LogP contribution in [0.3, 0.4) is 0 Å². The number of halogens is 1. The number of nitrogens with two attached hydrogens (primary N) is 1. The molecule has 1 atom stereocenters. The molecule has 0 radical (unpaired) electrons. The molecular formula is C10H14BrN3O2S. The van der Waals surface area contributed by atoms with Crippen molar-refractivity contribution >= 4 is 37.3 Å². The molecule has 7 heteroatoms. The van der Waals surface area contributed by atoms with Crippen molar-refractivity contribution in [1.82, 2.24) is 4.98 Å². The second-order valence-electron chi connectivity index (χ2n) is 4.10. The van der Waals surface area contributed by atoms with E-state index in [1.807, 2.05) is 0 Å². The number of pyridine rings is 1. The highest BCUT2D eigenvalue weighted by Crippen LogP contribution is 2.23. The lowest BCUT2D eigenvalue weighted by molar-refractivity contribution is 0.591. The van der Waals surface area contributed by atoms with E-state index >= 15 is 0 Å². The Morgan fingerprint density at radius 3 is 2.94 bits per heavy atom. The Kier molecular flexibility index (Phi) is 3.58. The number of hydrogen-bond donors (Lipinski definition) is 2. The van der Waals surface area contributed by atoms with Crippen LogP contribution in [-0.4, -0.2) is 30.9 Å². The molecule has 1 aromatic heterocycles. The zero-order valence-electron chi connectivity index (χ0n) is 9.19. The summed E-state index contributed by atoms with van der Waals surface area (Å²) in [5.41, 5.74) is 6.28. The summed E-state index contributed by atoms with van der Waals surface area (Å²) in [5.74, 6) is 0.832. The first kappa shape index (κ1) is 12.6. The van der Waals surface area contributed by atoms with Crippen LogP contribution in [0.1, 0.15) is 12.8 Å². The van der Waals surface area contributed by atoms with Crippen LogP contribution in [0.25, 0.3) is 0 Å². The fourth-order valence-electron chi connectivity index (χ4n) is 1.90. The quantitative estimate of drug-likeness (QED) is 0.880. The highest BCUT2D eigenvalue weighted by atomic mass is 79.9. The number of hydrogen-bond acceptors (Lipinski definition) is 5. The van der Waals surface area contributed by atoms with Gasteiger partial charge in [0.25, 0.3) is 0 Å². The largest absolute Gasteiger partial charge is 0.396 e. The summed E-state index contributed by atoms with van der Waals surface area (Å²) in [6.07, 6.45) is 3.09. The standard InChI is InChI=1S/C10H14BrN3O2S/c11-7-4-9(12)10(13-5-7)14-6-8-2-1-3-17(8,15)16/h4-5,8H,1-3,6,12H2,(H,13,14). The molecule has 0 spiro atoms. The van der Waals surface area contributed by atoms with Crippen molar-refractivity contribution in [2.24, 2.45) is 0 Å². The number of nitrogens with zero attached hydrogens (tertiary/aromatic N) is 1. The summed E-state index contributed by atoms with van der Waals surface area (Å²) in [4.78, 5) is 4.11. The zero-order valence-corrected chi connectivity index (χ0v) is 11.6. The van der Waals surface area contributed by atoms with Crippen LogP contribution in [0.5, 0.6) is 0 Å². The summed E-state index contributed by atoms with van der Waals surface area (Å²) in [6, 6.07) is 1.73. The number of anilines is 2. The van der Waals surface area contributed by atoms with E-state index in [2.05, 4.69) is 26.2 Å². The molecule has 94 valence electrons. The second kappa shape index (κ2) is 4.81. The van der Waals surface area contributed by atoms with Gasteiger partial charge in [-0.3, -0.25) is 0 Å². The summed E-state index contributed by atoms with van der Waals surface area (Å²) >= 11 is 3.27. The first-order valence-corrected chi connectivity index (χ1v) is 7.86. The Bertz CT molecular complexity index is 518. The van der Waals surface area contributed by atoms with E-state index in [4.69, 9.17) is 5.73 Å². The lowest BCUT2D eigenvalue weighted by Crippen LogP contribution is -2.25. The molecule has 0 aromatic carbocycles. The number of rotatable bonds is 3. The van der Waals surface area contributed by atoms with Crippen LogP contribution in [0.15, 0.2) is 16.7 Å². The third-order valence-corrected chi connectivity index (χ3v) is 5.55. The zero-order chi connectivity index (χ0) is 12.5. The van der Waals surface area contributed by atoms with Crippen molar-refractivity contribution in [2.75, 3.05) is 23.3 Å². The molecule has 1 aliphatic heterocycles. The molecule has 2 rings (SSSR count). The lowest BCUT2D eigenvalue weighted by atomic mass is 10.2. The van der Waals surface area contributed by atoms with Crippen LogP contribution >= 0.6 is 15.9 Å². The van der Waals surface area contributed by atoms with Crippen LogP contribution in [0.2, 0.25) is 0 Å². The summed E-state index contributed by atoms with van der Waals surface area (Å²) in [5, 5.41) is 2.69. The first-order chi connectivity index (χ1) is 7.99. The van der Waals surface area contributed by atoms with Crippen molar-refractivity contribution in [3.05, 3.63) is 16.7 Å². The van der Waals surface area contributed by atoms with E-state index in [0.29, 0.717) is 30.2 Å². The minimum Gasteiger partial charge on any atom is -0.396 e.